The molecule has 0 radical (unpaired) electrons. The first-order valence-corrected chi connectivity index (χ1v) is 6.19. The van der Waals surface area contributed by atoms with Gasteiger partial charge in [0.1, 0.15) is 5.82 Å². The van der Waals surface area contributed by atoms with E-state index in [-0.39, 0.29) is 12.1 Å². The standard InChI is InChI=1S/C12H16F3N5/c1-4-20-10(5-8(2)17-20)16-6-9-7-19(3)18-11(9)12(13,14)15/h5,7,16H,4,6H2,1-3H3. The minimum absolute atomic E-state index is 0.0494. The second kappa shape index (κ2) is 5.18. The monoisotopic (exact) mass is 287 g/mol. The number of aromatic nitrogens is 4. The molecule has 1 N–H and O–H groups in total. The third-order valence-corrected chi connectivity index (χ3v) is 2.83. The van der Waals surface area contributed by atoms with E-state index in [1.165, 1.54) is 17.9 Å². The average molecular weight is 287 g/mol. The fraction of sp³-hybridized carbons (Fsp3) is 0.500. The van der Waals surface area contributed by atoms with Crippen molar-refractivity contribution in [1.29, 1.82) is 0 Å². The number of nitrogens with one attached hydrogen (secondary N) is 1. The van der Waals surface area contributed by atoms with Crippen LogP contribution in [0.1, 0.15) is 23.9 Å². The Balaban J connectivity index is 2.19. The highest BCUT2D eigenvalue weighted by Crippen LogP contribution is 2.30. The zero-order valence-electron chi connectivity index (χ0n) is 11.5. The predicted octanol–water partition coefficient (Wildman–Crippen LogP) is 2.58. The maximum atomic E-state index is 12.8. The number of halogens is 3. The topological polar surface area (TPSA) is 47.7 Å². The second-order valence-electron chi connectivity index (χ2n) is 4.51. The lowest BCUT2D eigenvalue weighted by atomic mass is 10.2. The van der Waals surface area contributed by atoms with E-state index in [0.717, 1.165) is 5.69 Å². The largest absolute Gasteiger partial charge is 0.435 e. The van der Waals surface area contributed by atoms with Crippen molar-refractivity contribution >= 4 is 5.82 Å². The Bertz CT molecular complexity index is 597. The van der Waals surface area contributed by atoms with Gasteiger partial charge in [0.15, 0.2) is 5.69 Å². The number of nitrogens with zero attached hydrogens (tertiary/aromatic N) is 4. The first-order chi connectivity index (χ1) is 9.31. The summed E-state index contributed by atoms with van der Waals surface area (Å²) in [6, 6.07) is 1.80. The molecule has 2 aromatic heterocycles. The maximum Gasteiger partial charge on any atom is 0.435 e. The summed E-state index contributed by atoms with van der Waals surface area (Å²) in [7, 11) is 1.47. The van der Waals surface area contributed by atoms with Gasteiger partial charge in [0.2, 0.25) is 0 Å². The Labute approximate surface area is 114 Å². The number of alkyl halides is 3. The first-order valence-electron chi connectivity index (χ1n) is 6.19. The summed E-state index contributed by atoms with van der Waals surface area (Å²) in [5.41, 5.74) is 0.0740. The molecular weight excluding hydrogens is 271 g/mol. The van der Waals surface area contributed by atoms with Crippen LogP contribution in [-0.2, 0) is 26.3 Å². The molecule has 0 unspecified atom stereocenters. The summed E-state index contributed by atoms with van der Waals surface area (Å²) in [5.74, 6) is 0.696. The highest BCUT2D eigenvalue weighted by Gasteiger charge is 2.36. The molecular formula is C12H16F3N5. The molecule has 0 aliphatic carbocycles. The van der Waals surface area contributed by atoms with Crippen LogP contribution >= 0.6 is 0 Å². The van der Waals surface area contributed by atoms with E-state index >= 15 is 0 Å². The van der Waals surface area contributed by atoms with Crippen LogP contribution < -0.4 is 5.32 Å². The van der Waals surface area contributed by atoms with Gasteiger partial charge in [-0.3, -0.25) is 4.68 Å². The molecule has 0 amide bonds. The molecule has 0 bridgehead atoms. The van der Waals surface area contributed by atoms with Crippen LogP contribution in [0.15, 0.2) is 12.3 Å². The molecule has 0 saturated carbocycles. The Kier molecular flexibility index (Phi) is 3.74. The molecule has 0 saturated heterocycles. The SMILES string of the molecule is CCn1nc(C)cc1NCc1cn(C)nc1C(F)(F)F. The molecule has 0 aromatic carbocycles. The van der Waals surface area contributed by atoms with Crippen molar-refractivity contribution in [2.75, 3.05) is 5.32 Å². The summed E-state index contributed by atoms with van der Waals surface area (Å²) in [6.07, 6.45) is -3.07. The average Bonchev–Trinajstić information content (AvgIpc) is 2.88. The Morgan fingerprint density at radius 1 is 1.30 bits per heavy atom. The summed E-state index contributed by atoms with van der Waals surface area (Å²) in [4.78, 5) is 0. The van der Waals surface area contributed by atoms with Crippen molar-refractivity contribution in [3.63, 3.8) is 0 Å². The summed E-state index contributed by atoms with van der Waals surface area (Å²) < 4.78 is 41.3. The Hall–Kier alpha value is -1.99. The van der Waals surface area contributed by atoms with Gasteiger partial charge in [-0.05, 0) is 13.8 Å². The lowest BCUT2D eigenvalue weighted by Gasteiger charge is -2.09. The molecule has 0 atom stereocenters. The van der Waals surface area contributed by atoms with Crippen LogP contribution in [0.25, 0.3) is 0 Å². The highest BCUT2D eigenvalue weighted by atomic mass is 19.4. The third-order valence-electron chi connectivity index (χ3n) is 2.83. The third kappa shape index (κ3) is 2.94. The van der Waals surface area contributed by atoms with E-state index in [9.17, 15) is 13.2 Å². The molecule has 0 aliphatic heterocycles. The van der Waals surface area contributed by atoms with E-state index in [4.69, 9.17) is 0 Å². The van der Waals surface area contributed by atoms with Crippen LogP contribution in [0.2, 0.25) is 0 Å². The van der Waals surface area contributed by atoms with Crippen molar-refractivity contribution < 1.29 is 13.2 Å². The van der Waals surface area contributed by atoms with Gasteiger partial charge < -0.3 is 5.32 Å². The van der Waals surface area contributed by atoms with Gasteiger partial charge in [-0.2, -0.15) is 23.4 Å². The van der Waals surface area contributed by atoms with E-state index in [2.05, 4.69) is 15.5 Å². The van der Waals surface area contributed by atoms with Crippen LogP contribution in [0, 0.1) is 6.92 Å². The molecule has 5 nitrogen and oxygen atoms in total. The van der Waals surface area contributed by atoms with Gasteiger partial charge in [0, 0.05) is 38.0 Å². The van der Waals surface area contributed by atoms with Gasteiger partial charge in [-0.1, -0.05) is 0 Å². The lowest BCUT2D eigenvalue weighted by Crippen LogP contribution is -2.12. The predicted molar refractivity (Wildman–Crippen MR) is 68.2 cm³/mol. The van der Waals surface area contributed by atoms with E-state index in [1.807, 2.05) is 13.8 Å². The first kappa shape index (κ1) is 14.4. The van der Waals surface area contributed by atoms with E-state index in [0.29, 0.717) is 12.4 Å². The molecule has 2 rings (SSSR count). The van der Waals surface area contributed by atoms with Gasteiger partial charge in [0.25, 0.3) is 0 Å². The van der Waals surface area contributed by atoms with Gasteiger partial charge in [-0.15, -0.1) is 0 Å². The molecule has 0 fully saturated rings. The molecule has 110 valence electrons. The minimum atomic E-state index is -4.45. The van der Waals surface area contributed by atoms with Crippen LogP contribution in [0.4, 0.5) is 19.0 Å². The number of rotatable bonds is 4. The van der Waals surface area contributed by atoms with Crippen molar-refractivity contribution in [2.24, 2.45) is 7.05 Å². The summed E-state index contributed by atoms with van der Waals surface area (Å²) in [5, 5.41) is 10.7. The quantitative estimate of drug-likeness (QED) is 0.940. The summed E-state index contributed by atoms with van der Waals surface area (Å²) >= 11 is 0. The van der Waals surface area contributed by atoms with E-state index < -0.39 is 11.9 Å². The zero-order chi connectivity index (χ0) is 14.9. The number of hydrogen-bond acceptors (Lipinski definition) is 3. The van der Waals surface area contributed by atoms with Crippen molar-refractivity contribution in [1.82, 2.24) is 19.6 Å². The number of anilines is 1. The Morgan fingerprint density at radius 3 is 2.60 bits per heavy atom. The molecule has 0 spiro atoms. The van der Waals surface area contributed by atoms with Crippen LogP contribution in [-0.4, -0.2) is 19.6 Å². The highest BCUT2D eigenvalue weighted by molar-refractivity contribution is 5.38. The molecule has 2 aromatic rings. The zero-order valence-corrected chi connectivity index (χ0v) is 11.5. The van der Waals surface area contributed by atoms with Crippen LogP contribution in [0.5, 0.6) is 0 Å². The molecule has 8 heteroatoms. The second-order valence-corrected chi connectivity index (χ2v) is 4.51. The van der Waals surface area contributed by atoms with Crippen LogP contribution in [0.3, 0.4) is 0 Å². The number of aryl methyl sites for hydroxylation is 3. The summed E-state index contributed by atoms with van der Waals surface area (Å²) in [6.45, 7) is 4.45. The smallest absolute Gasteiger partial charge is 0.366 e. The van der Waals surface area contributed by atoms with Gasteiger partial charge in [0.05, 0.1) is 5.69 Å². The fourth-order valence-electron chi connectivity index (χ4n) is 2.02. The van der Waals surface area contributed by atoms with E-state index in [1.54, 1.807) is 10.7 Å². The maximum absolute atomic E-state index is 12.8. The van der Waals surface area contributed by atoms with Gasteiger partial charge >= 0.3 is 6.18 Å². The molecule has 2 heterocycles. The Morgan fingerprint density at radius 2 is 2.00 bits per heavy atom. The minimum Gasteiger partial charge on any atom is -0.366 e. The van der Waals surface area contributed by atoms with Crippen molar-refractivity contribution in [3.05, 3.63) is 29.2 Å². The normalized spacial score (nSPS) is 11.9. The fourth-order valence-corrected chi connectivity index (χ4v) is 2.02. The van der Waals surface area contributed by atoms with Crippen molar-refractivity contribution in [3.8, 4) is 0 Å². The molecule has 20 heavy (non-hydrogen) atoms. The van der Waals surface area contributed by atoms with Crippen molar-refractivity contribution in [2.45, 2.75) is 33.1 Å². The molecule has 0 aliphatic rings. The van der Waals surface area contributed by atoms with Gasteiger partial charge in [-0.25, -0.2) is 4.68 Å². The lowest BCUT2D eigenvalue weighted by molar-refractivity contribution is -0.142. The number of hydrogen-bond donors (Lipinski definition) is 1.